The van der Waals surface area contributed by atoms with Crippen LogP contribution >= 0.6 is 0 Å². The number of ketones is 1. The van der Waals surface area contributed by atoms with Crippen LogP contribution in [0.1, 0.15) is 72.1 Å². The summed E-state index contributed by atoms with van der Waals surface area (Å²) in [7, 11) is 0. The van der Waals surface area contributed by atoms with Crippen LogP contribution in [0.15, 0.2) is 11.6 Å². The normalized spacial score (nSPS) is 45.9. The second kappa shape index (κ2) is 7.33. The van der Waals surface area contributed by atoms with Gasteiger partial charge in [-0.05, 0) is 92.8 Å². The van der Waals surface area contributed by atoms with Crippen molar-refractivity contribution in [3.63, 3.8) is 0 Å². The Kier molecular flexibility index (Phi) is 5.45. The molecule has 30 heavy (non-hydrogen) atoms. The van der Waals surface area contributed by atoms with Crippen molar-refractivity contribution < 1.29 is 27.8 Å². The topological polar surface area (TPSA) is 46.5 Å². The molecule has 170 valence electrons. The van der Waals surface area contributed by atoms with E-state index in [1.165, 1.54) is 5.57 Å². The number of halogens is 3. The van der Waals surface area contributed by atoms with Crippen LogP contribution in [-0.4, -0.2) is 35.9 Å². The average Bonchev–Trinajstić information content (AvgIpc) is 2.98. The van der Waals surface area contributed by atoms with Crippen LogP contribution in [0.5, 0.6) is 0 Å². The first-order valence-electron chi connectivity index (χ1n) is 11.5. The van der Waals surface area contributed by atoms with Gasteiger partial charge in [0.25, 0.3) is 5.78 Å². The molecular formula is C24H35F3O3. The Morgan fingerprint density at radius 3 is 2.57 bits per heavy atom. The van der Waals surface area contributed by atoms with E-state index in [2.05, 4.69) is 19.9 Å². The lowest BCUT2D eigenvalue weighted by molar-refractivity contribution is -0.176. The predicted molar refractivity (Wildman–Crippen MR) is 108 cm³/mol. The Labute approximate surface area is 177 Å². The van der Waals surface area contributed by atoms with Crippen LogP contribution in [-0.2, 0) is 9.53 Å². The molecule has 0 amide bonds. The molecule has 0 spiro atoms. The van der Waals surface area contributed by atoms with Gasteiger partial charge in [-0.1, -0.05) is 25.5 Å². The highest BCUT2D eigenvalue weighted by Gasteiger charge is 2.59. The lowest BCUT2D eigenvalue weighted by atomic mass is 9.47. The lowest BCUT2D eigenvalue weighted by Gasteiger charge is -2.58. The molecule has 3 fully saturated rings. The van der Waals surface area contributed by atoms with Crippen molar-refractivity contribution in [2.75, 3.05) is 13.2 Å². The third-order valence-corrected chi connectivity index (χ3v) is 9.44. The Bertz CT molecular complexity index is 728. The van der Waals surface area contributed by atoms with Gasteiger partial charge in [0, 0.05) is 0 Å². The van der Waals surface area contributed by atoms with Crippen molar-refractivity contribution in [2.45, 2.75) is 83.9 Å². The number of Topliss-reactive ketones (excluding diaryl/α,β-unsaturated/α-hetero) is 1. The Morgan fingerprint density at radius 2 is 1.87 bits per heavy atom. The minimum atomic E-state index is -4.81. The summed E-state index contributed by atoms with van der Waals surface area (Å²) in [6.07, 6.45) is 5.54. The van der Waals surface area contributed by atoms with Gasteiger partial charge in [-0.25, -0.2) is 0 Å². The van der Waals surface area contributed by atoms with Gasteiger partial charge in [0.2, 0.25) is 0 Å². The summed E-state index contributed by atoms with van der Waals surface area (Å²) >= 11 is 0. The number of fused-ring (bicyclic) bond motifs is 5. The summed E-state index contributed by atoms with van der Waals surface area (Å²) in [5, 5.41) is 10.6. The monoisotopic (exact) mass is 428 g/mol. The van der Waals surface area contributed by atoms with Gasteiger partial charge in [0.15, 0.2) is 0 Å². The van der Waals surface area contributed by atoms with Crippen molar-refractivity contribution in [3.05, 3.63) is 11.6 Å². The summed E-state index contributed by atoms with van der Waals surface area (Å²) in [5.74, 6) is 0.201. The number of allylic oxidation sites excluding steroid dienone is 1. The molecule has 0 radical (unpaired) electrons. The Morgan fingerprint density at radius 1 is 1.13 bits per heavy atom. The summed E-state index contributed by atoms with van der Waals surface area (Å²) in [4.78, 5) is 11.1. The van der Waals surface area contributed by atoms with E-state index in [-0.39, 0.29) is 23.4 Å². The summed E-state index contributed by atoms with van der Waals surface area (Å²) < 4.78 is 42.6. The van der Waals surface area contributed by atoms with Crippen LogP contribution < -0.4 is 0 Å². The number of carbonyl (C=O) groups is 1. The number of alkyl halides is 3. The number of hydrogen-bond donors (Lipinski definition) is 1. The van der Waals surface area contributed by atoms with Crippen molar-refractivity contribution in [1.29, 1.82) is 0 Å². The summed E-state index contributed by atoms with van der Waals surface area (Å²) in [6, 6.07) is 0. The van der Waals surface area contributed by atoms with Gasteiger partial charge in [0.05, 0.1) is 12.2 Å². The van der Waals surface area contributed by atoms with E-state index in [0.717, 1.165) is 51.4 Å². The molecule has 0 aliphatic heterocycles. The molecule has 3 nitrogen and oxygen atoms in total. The fourth-order valence-corrected chi connectivity index (χ4v) is 7.56. The van der Waals surface area contributed by atoms with Gasteiger partial charge in [0.1, 0.15) is 6.61 Å². The van der Waals surface area contributed by atoms with Crippen molar-refractivity contribution in [2.24, 2.45) is 34.5 Å². The number of aliphatic hydroxyl groups is 1. The SMILES string of the molecule is C[C@]1(O)CC[C@@]2(C)C(=CCC3C2CC[C@@]2(C)C3CC[C@@H]2COCC(=O)C(F)(F)F)C1. The fourth-order valence-electron chi connectivity index (χ4n) is 7.56. The zero-order valence-corrected chi connectivity index (χ0v) is 18.4. The molecule has 4 aliphatic rings. The highest BCUT2D eigenvalue weighted by molar-refractivity contribution is 5.85. The van der Waals surface area contributed by atoms with Gasteiger partial charge < -0.3 is 9.84 Å². The van der Waals surface area contributed by atoms with E-state index < -0.39 is 24.2 Å². The predicted octanol–water partition coefficient (Wildman–Crippen LogP) is 5.46. The van der Waals surface area contributed by atoms with Crippen LogP contribution in [0.2, 0.25) is 0 Å². The average molecular weight is 429 g/mol. The molecule has 1 N–H and O–H groups in total. The molecule has 0 aromatic rings. The molecule has 4 rings (SSSR count). The van der Waals surface area contributed by atoms with Gasteiger partial charge in [-0.15, -0.1) is 0 Å². The maximum Gasteiger partial charge on any atom is 0.452 e. The molecule has 6 heteroatoms. The zero-order valence-electron chi connectivity index (χ0n) is 18.4. The lowest BCUT2D eigenvalue weighted by Crippen LogP contribution is -2.52. The van der Waals surface area contributed by atoms with Crippen molar-refractivity contribution in [1.82, 2.24) is 0 Å². The minimum absolute atomic E-state index is 0.0737. The zero-order chi connectivity index (χ0) is 21.9. The molecule has 0 aromatic heterocycles. The largest absolute Gasteiger partial charge is 0.452 e. The van der Waals surface area contributed by atoms with Crippen LogP contribution in [0.4, 0.5) is 13.2 Å². The van der Waals surface area contributed by atoms with E-state index >= 15 is 0 Å². The summed E-state index contributed by atoms with van der Waals surface area (Å²) in [5.41, 5.74) is 1.09. The first kappa shape index (κ1) is 22.3. The third-order valence-electron chi connectivity index (χ3n) is 9.44. The third kappa shape index (κ3) is 3.66. The van der Waals surface area contributed by atoms with E-state index in [1.54, 1.807) is 0 Å². The van der Waals surface area contributed by atoms with Crippen molar-refractivity contribution >= 4 is 5.78 Å². The van der Waals surface area contributed by atoms with Crippen LogP contribution in [0.25, 0.3) is 0 Å². The highest BCUT2D eigenvalue weighted by atomic mass is 19.4. The van der Waals surface area contributed by atoms with E-state index in [9.17, 15) is 23.1 Å². The quantitative estimate of drug-likeness (QED) is 0.605. The number of hydrogen-bond acceptors (Lipinski definition) is 3. The maximum absolute atomic E-state index is 12.4. The smallest absolute Gasteiger partial charge is 0.390 e. The van der Waals surface area contributed by atoms with Gasteiger partial charge in [-0.2, -0.15) is 13.2 Å². The van der Waals surface area contributed by atoms with E-state index in [0.29, 0.717) is 17.8 Å². The number of carbonyl (C=O) groups excluding carboxylic acids is 1. The van der Waals surface area contributed by atoms with E-state index in [4.69, 9.17) is 4.74 Å². The van der Waals surface area contributed by atoms with Crippen molar-refractivity contribution in [3.8, 4) is 0 Å². The second-order valence-corrected chi connectivity index (χ2v) is 11.2. The summed E-state index contributed by atoms with van der Waals surface area (Å²) in [6.45, 7) is 6.02. The highest BCUT2D eigenvalue weighted by Crippen LogP contribution is 2.66. The molecule has 0 aromatic carbocycles. The fraction of sp³-hybridized carbons (Fsp3) is 0.875. The number of rotatable bonds is 4. The maximum atomic E-state index is 12.4. The minimum Gasteiger partial charge on any atom is -0.390 e. The second-order valence-electron chi connectivity index (χ2n) is 11.2. The first-order chi connectivity index (χ1) is 13.9. The molecule has 0 saturated heterocycles. The molecule has 3 unspecified atom stereocenters. The number of ether oxygens (including phenoxy) is 1. The van der Waals surface area contributed by atoms with Crippen LogP contribution in [0, 0.1) is 34.5 Å². The van der Waals surface area contributed by atoms with E-state index in [1.807, 2.05) is 6.92 Å². The van der Waals surface area contributed by atoms with Crippen LogP contribution in [0.3, 0.4) is 0 Å². The van der Waals surface area contributed by atoms with Gasteiger partial charge in [-0.3, -0.25) is 4.79 Å². The Balaban J connectivity index is 1.45. The molecule has 0 bridgehead atoms. The Hall–Kier alpha value is -0.880. The standard InChI is InChI=1S/C24H35F3O3/c1-21(29)10-11-23(3)15(12-21)4-6-17-18-7-5-16(22(18,2)9-8-19(17)23)13-30-14-20(28)24(25,26)27/h4,16-19,29H,5-14H2,1-3H3/t16-,17?,18?,19?,21+,22-,23+/m1/s1. The molecule has 4 aliphatic carbocycles. The molecular weight excluding hydrogens is 393 g/mol. The first-order valence-corrected chi connectivity index (χ1v) is 11.5. The molecule has 0 heterocycles. The van der Waals surface area contributed by atoms with Gasteiger partial charge >= 0.3 is 6.18 Å². The molecule has 7 atom stereocenters. The molecule has 3 saturated carbocycles.